The van der Waals surface area contributed by atoms with Crippen molar-refractivity contribution in [3.8, 4) is 22.5 Å². The van der Waals surface area contributed by atoms with Gasteiger partial charge >= 0.3 is 16.3 Å². The van der Waals surface area contributed by atoms with Crippen molar-refractivity contribution in [2.24, 2.45) is 0 Å². The molecule has 0 aliphatic rings. The summed E-state index contributed by atoms with van der Waals surface area (Å²) in [6, 6.07) is 9.85. The second-order valence-corrected chi connectivity index (χ2v) is 9.51. The molecule has 3 N–H and O–H groups in total. The van der Waals surface area contributed by atoms with Crippen LogP contribution < -0.4 is 10.6 Å². The lowest BCUT2D eigenvalue weighted by Gasteiger charge is -2.20. The smallest absolute Gasteiger partial charge is 0.333 e. The molecule has 4 aromatic rings. The molecular weight excluding hydrogens is 446 g/mol. The molecule has 0 spiro atoms. The fourth-order valence-electron chi connectivity index (χ4n) is 3.18. The molecule has 3 aromatic heterocycles. The molecule has 2 amide bonds. The van der Waals surface area contributed by atoms with Crippen LogP contribution in [0.4, 0.5) is 10.6 Å². The molecule has 0 aliphatic heterocycles. The van der Waals surface area contributed by atoms with Gasteiger partial charge in [0.15, 0.2) is 0 Å². The maximum absolute atomic E-state index is 12.4. The van der Waals surface area contributed by atoms with Crippen LogP contribution in [0.5, 0.6) is 0 Å². The summed E-state index contributed by atoms with van der Waals surface area (Å²) in [5.41, 5.74) is 1.77. The van der Waals surface area contributed by atoms with E-state index in [2.05, 4.69) is 30.7 Å². The zero-order chi connectivity index (χ0) is 23.8. The minimum atomic E-state index is -4.62. The standard InChI is InChI=1S/C21H21N7O4S/c1-21(2,3)26-20(29)25-19-14-10-13(7-8-16(14)23-12-24-19)15-11-28(33(30,31)32)27-18(15)17-6-4-5-9-22-17/h4-12H,1-3H3,(H,30,31,32)(H2,23,24,25,26,29). The summed E-state index contributed by atoms with van der Waals surface area (Å²) in [5, 5.41) is 10.1. The molecule has 0 bridgehead atoms. The van der Waals surface area contributed by atoms with Crippen LogP contribution in [-0.2, 0) is 10.3 Å². The normalized spacial score (nSPS) is 12.0. The summed E-state index contributed by atoms with van der Waals surface area (Å²) in [5.74, 6) is 0.283. The highest BCUT2D eigenvalue weighted by molar-refractivity contribution is 7.84. The zero-order valence-electron chi connectivity index (χ0n) is 18.0. The molecule has 4 rings (SSSR count). The quantitative estimate of drug-likeness (QED) is 0.387. The summed E-state index contributed by atoms with van der Waals surface area (Å²) < 4.78 is 33.4. The van der Waals surface area contributed by atoms with Crippen LogP contribution in [0.15, 0.2) is 55.1 Å². The van der Waals surface area contributed by atoms with Crippen LogP contribution in [0.1, 0.15) is 20.8 Å². The van der Waals surface area contributed by atoms with Crippen molar-refractivity contribution >= 4 is 33.1 Å². The van der Waals surface area contributed by atoms with E-state index >= 15 is 0 Å². The summed E-state index contributed by atoms with van der Waals surface area (Å²) in [7, 11) is -4.62. The van der Waals surface area contributed by atoms with Gasteiger partial charge in [-0.3, -0.25) is 14.9 Å². The molecule has 33 heavy (non-hydrogen) atoms. The molecule has 12 heteroatoms. The van der Waals surface area contributed by atoms with E-state index in [4.69, 9.17) is 0 Å². The molecule has 170 valence electrons. The number of hydrogen-bond acceptors (Lipinski definition) is 7. The number of nitrogens with one attached hydrogen (secondary N) is 2. The van der Waals surface area contributed by atoms with Crippen molar-refractivity contribution in [1.82, 2.24) is 29.5 Å². The molecule has 0 unspecified atom stereocenters. The van der Waals surface area contributed by atoms with Crippen LogP contribution >= 0.6 is 0 Å². The molecule has 0 fully saturated rings. The number of anilines is 1. The van der Waals surface area contributed by atoms with Crippen molar-refractivity contribution < 1.29 is 17.8 Å². The van der Waals surface area contributed by atoms with E-state index < -0.39 is 21.9 Å². The lowest BCUT2D eigenvalue weighted by Crippen LogP contribution is -2.43. The van der Waals surface area contributed by atoms with Crippen LogP contribution in [0.2, 0.25) is 0 Å². The Bertz CT molecular complexity index is 1440. The van der Waals surface area contributed by atoms with E-state index in [0.717, 1.165) is 0 Å². The number of fused-ring (bicyclic) bond motifs is 1. The molecular formula is C21H21N7O4S. The Morgan fingerprint density at radius 2 is 1.88 bits per heavy atom. The number of pyridine rings is 1. The highest BCUT2D eigenvalue weighted by Crippen LogP contribution is 2.33. The molecule has 0 aliphatic carbocycles. The van der Waals surface area contributed by atoms with Crippen molar-refractivity contribution in [3.63, 3.8) is 0 Å². The maximum Gasteiger partial charge on any atom is 0.379 e. The first kappa shape index (κ1) is 22.3. The SMILES string of the molecule is CC(C)(C)NC(=O)Nc1ncnc2ccc(-c3cn(S(=O)(=O)O)nc3-c3ccccn3)cc12. The number of rotatable bonds is 4. The number of amides is 2. The summed E-state index contributed by atoms with van der Waals surface area (Å²) in [6.45, 7) is 5.57. The van der Waals surface area contributed by atoms with E-state index in [0.29, 0.717) is 31.8 Å². The first-order valence-corrected chi connectivity index (χ1v) is 11.2. The fraction of sp³-hybridized carbons (Fsp3) is 0.190. The molecule has 3 heterocycles. The van der Waals surface area contributed by atoms with Crippen LogP contribution in [-0.4, -0.2) is 48.7 Å². The number of nitrogens with zero attached hydrogens (tertiary/aromatic N) is 5. The average molecular weight is 468 g/mol. The van der Waals surface area contributed by atoms with Gasteiger partial charge < -0.3 is 5.32 Å². The van der Waals surface area contributed by atoms with Crippen molar-refractivity contribution in [1.29, 1.82) is 0 Å². The second kappa shape index (κ2) is 8.22. The van der Waals surface area contributed by atoms with Gasteiger partial charge in [-0.05, 0) is 50.6 Å². The first-order valence-electron chi connectivity index (χ1n) is 9.85. The Morgan fingerprint density at radius 3 is 2.55 bits per heavy atom. The summed E-state index contributed by atoms with van der Waals surface area (Å²) in [4.78, 5) is 25.0. The Kier molecular flexibility index (Phi) is 5.56. The summed E-state index contributed by atoms with van der Waals surface area (Å²) in [6.07, 6.45) is 4.09. The minimum absolute atomic E-state index is 0.254. The molecule has 0 saturated carbocycles. The Morgan fingerprint density at radius 1 is 1.09 bits per heavy atom. The predicted molar refractivity (Wildman–Crippen MR) is 123 cm³/mol. The second-order valence-electron chi connectivity index (χ2n) is 8.24. The zero-order valence-corrected chi connectivity index (χ0v) is 18.8. The minimum Gasteiger partial charge on any atom is -0.333 e. The lowest BCUT2D eigenvalue weighted by molar-refractivity contribution is 0.243. The number of aromatic nitrogens is 5. The topological polar surface area (TPSA) is 152 Å². The number of carbonyl (C=O) groups is 1. The Balaban J connectivity index is 1.84. The van der Waals surface area contributed by atoms with E-state index in [9.17, 15) is 17.8 Å². The number of carbonyl (C=O) groups excluding carboxylic acids is 1. The Labute approximate surface area is 189 Å². The monoisotopic (exact) mass is 467 g/mol. The average Bonchev–Trinajstić information content (AvgIpc) is 3.19. The van der Waals surface area contributed by atoms with E-state index in [1.165, 1.54) is 12.5 Å². The van der Waals surface area contributed by atoms with Crippen LogP contribution in [0, 0.1) is 0 Å². The third-order valence-corrected chi connectivity index (χ3v) is 5.16. The lowest BCUT2D eigenvalue weighted by atomic mass is 10.0. The fourth-order valence-corrected chi connectivity index (χ4v) is 3.60. The third kappa shape index (κ3) is 4.96. The van der Waals surface area contributed by atoms with Gasteiger partial charge in [-0.15, -0.1) is 4.09 Å². The summed E-state index contributed by atoms with van der Waals surface area (Å²) >= 11 is 0. The third-order valence-electron chi connectivity index (χ3n) is 4.50. The number of benzene rings is 1. The van der Waals surface area contributed by atoms with Crippen molar-refractivity contribution in [2.45, 2.75) is 26.3 Å². The van der Waals surface area contributed by atoms with Gasteiger partial charge in [0.05, 0.1) is 17.4 Å². The maximum atomic E-state index is 12.4. The van der Waals surface area contributed by atoms with Crippen LogP contribution in [0.3, 0.4) is 0 Å². The van der Waals surface area contributed by atoms with Crippen molar-refractivity contribution in [2.75, 3.05) is 5.32 Å². The highest BCUT2D eigenvalue weighted by Gasteiger charge is 2.20. The van der Waals surface area contributed by atoms with Crippen molar-refractivity contribution in [3.05, 3.63) is 55.1 Å². The highest BCUT2D eigenvalue weighted by atomic mass is 32.2. The van der Waals surface area contributed by atoms with E-state index in [-0.39, 0.29) is 11.5 Å². The molecule has 0 atom stereocenters. The van der Waals surface area contributed by atoms with Gasteiger partial charge in [0.2, 0.25) is 0 Å². The Hall–Kier alpha value is -3.90. The predicted octanol–water partition coefficient (Wildman–Crippen LogP) is 3.13. The molecule has 0 saturated heterocycles. The largest absolute Gasteiger partial charge is 0.379 e. The molecule has 1 aromatic carbocycles. The van der Waals surface area contributed by atoms with Gasteiger partial charge in [-0.2, -0.15) is 13.5 Å². The molecule has 0 radical (unpaired) electrons. The van der Waals surface area contributed by atoms with Crippen LogP contribution in [0.25, 0.3) is 33.4 Å². The first-order chi connectivity index (χ1) is 15.5. The van der Waals surface area contributed by atoms with Gasteiger partial charge in [0.1, 0.15) is 17.8 Å². The number of urea groups is 1. The van der Waals surface area contributed by atoms with E-state index in [1.807, 2.05) is 20.8 Å². The van der Waals surface area contributed by atoms with Gasteiger partial charge in [-0.25, -0.2) is 14.8 Å². The van der Waals surface area contributed by atoms with E-state index in [1.54, 1.807) is 42.6 Å². The van der Waals surface area contributed by atoms with Gasteiger partial charge in [-0.1, -0.05) is 12.1 Å². The van der Waals surface area contributed by atoms with Gasteiger partial charge in [0, 0.05) is 22.7 Å². The number of hydrogen-bond donors (Lipinski definition) is 3. The van der Waals surface area contributed by atoms with Gasteiger partial charge in [0.25, 0.3) is 0 Å². The molecule has 11 nitrogen and oxygen atoms in total.